The van der Waals surface area contributed by atoms with Gasteiger partial charge in [-0.2, -0.15) is 0 Å². The number of aromatic nitrogens is 4. The Bertz CT molecular complexity index is 966. The van der Waals surface area contributed by atoms with Gasteiger partial charge in [0.1, 0.15) is 18.5 Å². The van der Waals surface area contributed by atoms with Crippen LogP contribution in [0, 0.1) is 0 Å². The van der Waals surface area contributed by atoms with Crippen LogP contribution in [0.5, 0.6) is 0 Å². The van der Waals surface area contributed by atoms with E-state index >= 15 is 0 Å². The molecule has 2 aromatic heterocycles. The zero-order chi connectivity index (χ0) is 19.0. The summed E-state index contributed by atoms with van der Waals surface area (Å²) in [6.45, 7) is -0.561. The fraction of sp³-hybridized carbons (Fsp3) is 0.294. The lowest BCUT2D eigenvalue weighted by Gasteiger charge is -2.16. The number of aliphatic hydroxyl groups is 2. The Kier molecular flexibility index (Phi) is 4.52. The minimum Gasteiger partial charge on any atom is -0.394 e. The molecular weight excluding hydrogens is 357 g/mol. The van der Waals surface area contributed by atoms with Crippen molar-refractivity contribution in [2.75, 3.05) is 11.9 Å². The molecule has 3 aromatic rings. The fourth-order valence-corrected chi connectivity index (χ4v) is 2.98. The van der Waals surface area contributed by atoms with Gasteiger partial charge in [0, 0.05) is 5.56 Å². The van der Waals surface area contributed by atoms with E-state index in [0.717, 1.165) is 0 Å². The Hall–Kier alpha value is -2.95. The number of hydrogen-bond donors (Lipinski definition) is 3. The molecule has 140 valence electrons. The van der Waals surface area contributed by atoms with Gasteiger partial charge in [-0.3, -0.25) is 9.36 Å². The Labute approximate surface area is 152 Å². The molecule has 0 spiro atoms. The number of benzene rings is 1. The Morgan fingerprint density at radius 2 is 2.04 bits per heavy atom. The molecule has 0 aliphatic carbocycles. The number of halogens is 1. The molecule has 10 heteroatoms. The smallest absolute Gasteiger partial charge is 0.256 e. The maximum atomic E-state index is 14.0. The van der Waals surface area contributed by atoms with Crippen LogP contribution in [-0.2, 0) is 4.74 Å². The first kappa shape index (κ1) is 17.5. The van der Waals surface area contributed by atoms with Crippen LogP contribution in [0.2, 0.25) is 0 Å². The molecule has 9 nitrogen and oxygen atoms in total. The highest BCUT2D eigenvalue weighted by molar-refractivity contribution is 6.06. The number of ether oxygens (including phenoxy) is 1. The third-order valence-electron chi connectivity index (χ3n) is 4.37. The van der Waals surface area contributed by atoms with Crippen molar-refractivity contribution in [1.82, 2.24) is 19.5 Å². The monoisotopic (exact) mass is 373 g/mol. The number of anilines is 1. The molecule has 1 aliphatic rings. The average molecular weight is 373 g/mol. The summed E-state index contributed by atoms with van der Waals surface area (Å²) in [5, 5.41) is 21.9. The predicted octanol–water partition coefficient (Wildman–Crippen LogP) is 0.667. The molecule has 3 heterocycles. The second-order valence-electron chi connectivity index (χ2n) is 6.05. The number of alkyl halides is 1. The molecule has 3 N–H and O–H groups in total. The van der Waals surface area contributed by atoms with E-state index in [-0.39, 0.29) is 22.9 Å². The Morgan fingerprint density at radius 3 is 2.74 bits per heavy atom. The number of amides is 1. The minimum atomic E-state index is -1.74. The van der Waals surface area contributed by atoms with Gasteiger partial charge in [-0.25, -0.2) is 19.3 Å². The standard InChI is InChI=1S/C17H16FN5O4/c18-11-10(6-24)27-17(13(11)25)23-8-21-12-14(19-7-20-15(12)23)22-16(26)9-4-2-1-3-5-9/h1-5,7-8,10-11,13,17,24-25H,6H2,(H,19,20,22,26). The quantitative estimate of drug-likeness (QED) is 0.614. The summed E-state index contributed by atoms with van der Waals surface area (Å²) < 4.78 is 20.7. The van der Waals surface area contributed by atoms with Gasteiger partial charge < -0.3 is 20.3 Å². The largest absolute Gasteiger partial charge is 0.394 e. The van der Waals surface area contributed by atoms with E-state index in [4.69, 9.17) is 9.84 Å². The van der Waals surface area contributed by atoms with E-state index in [2.05, 4.69) is 20.3 Å². The van der Waals surface area contributed by atoms with Crippen LogP contribution >= 0.6 is 0 Å². The number of aliphatic hydroxyl groups excluding tert-OH is 2. The zero-order valence-corrected chi connectivity index (χ0v) is 13.9. The molecule has 0 bridgehead atoms. The molecule has 1 fully saturated rings. The Morgan fingerprint density at radius 1 is 1.26 bits per heavy atom. The van der Waals surface area contributed by atoms with Crippen LogP contribution in [0.1, 0.15) is 16.6 Å². The average Bonchev–Trinajstić information content (AvgIpc) is 3.25. The van der Waals surface area contributed by atoms with Gasteiger partial charge >= 0.3 is 0 Å². The first-order valence-electron chi connectivity index (χ1n) is 8.22. The fourth-order valence-electron chi connectivity index (χ4n) is 2.98. The highest BCUT2D eigenvalue weighted by atomic mass is 19.1. The van der Waals surface area contributed by atoms with Crippen molar-refractivity contribution < 1.29 is 24.1 Å². The molecular formula is C17H16FN5O4. The third kappa shape index (κ3) is 3.03. The molecule has 0 saturated carbocycles. The molecule has 4 atom stereocenters. The zero-order valence-electron chi connectivity index (χ0n) is 13.9. The molecule has 0 radical (unpaired) electrons. The summed E-state index contributed by atoms with van der Waals surface area (Å²) in [5.74, 6) is -0.193. The van der Waals surface area contributed by atoms with Gasteiger partial charge in [0.25, 0.3) is 5.91 Å². The first-order valence-corrected chi connectivity index (χ1v) is 8.22. The minimum absolute atomic E-state index is 0.176. The van der Waals surface area contributed by atoms with Crippen molar-refractivity contribution in [1.29, 1.82) is 0 Å². The molecule has 1 saturated heterocycles. The van der Waals surface area contributed by atoms with Crippen LogP contribution in [0.4, 0.5) is 10.2 Å². The molecule has 1 aliphatic heterocycles. The van der Waals surface area contributed by atoms with Gasteiger partial charge in [-0.05, 0) is 12.1 Å². The lowest BCUT2D eigenvalue weighted by atomic mass is 10.1. The van der Waals surface area contributed by atoms with Crippen LogP contribution in [0.3, 0.4) is 0 Å². The van der Waals surface area contributed by atoms with Crippen LogP contribution < -0.4 is 5.32 Å². The van der Waals surface area contributed by atoms with Crippen LogP contribution in [-0.4, -0.2) is 60.6 Å². The lowest BCUT2D eigenvalue weighted by molar-refractivity contribution is -0.0495. The van der Waals surface area contributed by atoms with E-state index in [1.165, 1.54) is 17.2 Å². The Balaban J connectivity index is 1.65. The first-order chi connectivity index (χ1) is 13.1. The molecule has 4 rings (SSSR count). The number of hydrogen-bond acceptors (Lipinski definition) is 7. The number of nitrogens with zero attached hydrogens (tertiary/aromatic N) is 4. The van der Waals surface area contributed by atoms with E-state index in [1.54, 1.807) is 30.3 Å². The normalized spacial score (nSPS) is 25.0. The summed E-state index contributed by atoms with van der Waals surface area (Å²) in [6.07, 6.45) is -2.93. The molecule has 27 heavy (non-hydrogen) atoms. The van der Waals surface area contributed by atoms with Crippen molar-refractivity contribution in [3.8, 4) is 0 Å². The van der Waals surface area contributed by atoms with Crippen molar-refractivity contribution >= 4 is 22.9 Å². The predicted molar refractivity (Wildman–Crippen MR) is 91.6 cm³/mol. The molecule has 1 amide bonds. The van der Waals surface area contributed by atoms with Gasteiger partial charge in [0.2, 0.25) is 0 Å². The third-order valence-corrected chi connectivity index (χ3v) is 4.37. The lowest BCUT2D eigenvalue weighted by Crippen LogP contribution is -2.29. The summed E-state index contributed by atoms with van der Waals surface area (Å²) in [7, 11) is 0. The number of nitrogens with one attached hydrogen (secondary N) is 1. The van der Waals surface area contributed by atoms with Crippen LogP contribution in [0.25, 0.3) is 11.2 Å². The maximum absolute atomic E-state index is 14.0. The van der Waals surface area contributed by atoms with E-state index in [0.29, 0.717) is 5.56 Å². The summed E-state index contributed by atoms with van der Waals surface area (Å²) in [4.78, 5) is 24.7. The maximum Gasteiger partial charge on any atom is 0.256 e. The topological polar surface area (TPSA) is 122 Å². The summed E-state index contributed by atoms with van der Waals surface area (Å²) in [5.41, 5.74) is 0.966. The van der Waals surface area contributed by atoms with Gasteiger partial charge in [-0.15, -0.1) is 0 Å². The van der Waals surface area contributed by atoms with Crippen molar-refractivity contribution in [2.45, 2.75) is 24.6 Å². The number of rotatable bonds is 4. The van der Waals surface area contributed by atoms with Crippen molar-refractivity contribution in [3.63, 3.8) is 0 Å². The number of fused-ring (bicyclic) bond motifs is 1. The van der Waals surface area contributed by atoms with Crippen molar-refractivity contribution in [2.24, 2.45) is 0 Å². The van der Waals surface area contributed by atoms with E-state index in [9.17, 15) is 14.3 Å². The second kappa shape index (κ2) is 6.99. The van der Waals surface area contributed by atoms with Crippen LogP contribution in [0.15, 0.2) is 43.0 Å². The summed E-state index contributed by atoms with van der Waals surface area (Å²) in [6, 6.07) is 8.59. The number of carbonyl (C=O) groups excluding carboxylic acids is 1. The summed E-state index contributed by atoms with van der Waals surface area (Å²) >= 11 is 0. The van der Waals surface area contributed by atoms with E-state index < -0.39 is 31.2 Å². The van der Waals surface area contributed by atoms with Gasteiger partial charge in [-0.1, -0.05) is 18.2 Å². The van der Waals surface area contributed by atoms with Gasteiger partial charge in [0.15, 0.2) is 29.4 Å². The number of imidazole rings is 1. The number of carbonyl (C=O) groups is 1. The highest BCUT2D eigenvalue weighted by Crippen LogP contribution is 2.33. The van der Waals surface area contributed by atoms with E-state index in [1.807, 2.05) is 0 Å². The van der Waals surface area contributed by atoms with Gasteiger partial charge in [0.05, 0.1) is 12.9 Å². The van der Waals surface area contributed by atoms with Crippen molar-refractivity contribution in [3.05, 3.63) is 48.5 Å². The second-order valence-corrected chi connectivity index (χ2v) is 6.05. The highest BCUT2D eigenvalue weighted by Gasteiger charge is 2.45. The molecule has 1 aromatic carbocycles. The SMILES string of the molecule is O=C(Nc1ncnc2c1ncn2C1OC(CO)C(F)C1O)c1ccccc1. The molecule has 4 unspecified atom stereocenters.